The molecule has 1 aliphatic carbocycles. The Morgan fingerprint density at radius 1 is 1.16 bits per heavy atom. The molecule has 1 heterocycles. The van der Waals surface area contributed by atoms with Crippen molar-refractivity contribution < 1.29 is 0 Å². The maximum Gasteiger partial charge on any atom is 0.0702 e. The third-order valence-electron chi connectivity index (χ3n) is 3.54. The lowest BCUT2D eigenvalue weighted by molar-refractivity contribution is 0.593. The van der Waals surface area contributed by atoms with Gasteiger partial charge in [-0.25, -0.2) is 0 Å². The van der Waals surface area contributed by atoms with Crippen LogP contribution in [-0.4, -0.2) is 24.1 Å². The van der Waals surface area contributed by atoms with Gasteiger partial charge in [0.2, 0.25) is 0 Å². The molecular weight excluding hydrogens is 234 g/mol. The van der Waals surface area contributed by atoms with E-state index in [9.17, 15) is 0 Å². The summed E-state index contributed by atoms with van der Waals surface area (Å²) < 4.78 is 0. The summed E-state index contributed by atoms with van der Waals surface area (Å²) in [6, 6.07) is 11.4. The van der Waals surface area contributed by atoms with Gasteiger partial charge in [-0.05, 0) is 56.1 Å². The molecule has 19 heavy (non-hydrogen) atoms. The number of nitrogens with one attached hydrogen (secondary N) is 2. The van der Waals surface area contributed by atoms with E-state index in [2.05, 4.69) is 39.9 Å². The smallest absolute Gasteiger partial charge is 0.0702 e. The highest BCUT2D eigenvalue weighted by Crippen LogP contribution is 2.18. The fourth-order valence-corrected chi connectivity index (χ4v) is 2.27. The molecular formula is C16H21N3. The number of benzene rings is 1. The molecule has 0 spiro atoms. The second kappa shape index (κ2) is 6.13. The maximum absolute atomic E-state index is 4.34. The lowest BCUT2D eigenvalue weighted by atomic mass is 10.1. The fourth-order valence-electron chi connectivity index (χ4n) is 2.27. The molecule has 100 valence electrons. The summed E-state index contributed by atoms with van der Waals surface area (Å²) in [5, 5.41) is 8.25. The summed E-state index contributed by atoms with van der Waals surface area (Å²) >= 11 is 0. The third-order valence-corrected chi connectivity index (χ3v) is 3.54. The molecule has 1 aliphatic rings. The van der Waals surface area contributed by atoms with Crippen LogP contribution >= 0.6 is 0 Å². The van der Waals surface area contributed by atoms with Gasteiger partial charge >= 0.3 is 0 Å². The van der Waals surface area contributed by atoms with Crippen molar-refractivity contribution in [1.82, 2.24) is 15.6 Å². The van der Waals surface area contributed by atoms with Crippen molar-refractivity contribution in [3.8, 4) is 0 Å². The number of fused-ring (bicyclic) bond motifs is 1. The predicted molar refractivity (Wildman–Crippen MR) is 79.1 cm³/mol. The van der Waals surface area contributed by atoms with Crippen molar-refractivity contribution in [2.75, 3.05) is 13.1 Å². The molecule has 0 radical (unpaired) electrons. The number of rotatable bonds is 7. The molecule has 2 aromatic rings. The van der Waals surface area contributed by atoms with Crippen molar-refractivity contribution in [3.05, 3.63) is 42.1 Å². The molecule has 3 nitrogen and oxygen atoms in total. The quantitative estimate of drug-likeness (QED) is 0.746. The normalized spacial score (nSPS) is 14.9. The minimum atomic E-state index is 0.827. The number of pyridine rings is 1. The maximum atomic E-state index is 4.34. The zero-order valence-electron chi connectivity index (χ0n) is 11.2. The minimum Gasteiger partial charge on any atom is -0.314 e. The van der Waals surface area contributed by atoms with E-state index in [1.54, 1.807) is 0 Å². The Kier molecular flexibility index (Phi) is 4.06. The van der Waals surface area contributed by atoms with Crippen LogP contribution in [0.25, 0.3) is 10.9 Å². The number of hydrogen-bond acceptors (Lipinski definition) is 3. The van der Waals surface area contributed by atoms with E-state index in [-0.39, 0.29) is 0 Å². The van der Waals surface area contributed by atoms with E-state index >= 15 is 0 Å². The van der Waals surface area contributed by atoms with Gasteiger partial charge in [0.25, 0.3) is 0 Å². The summed E-state index contributed by atoms with van der Waals surface area (Å²) in [4.78, 5) is 4.34. The lowest BCUT2D eigenvalue weighted by Crippen LogP contribution is -2.23. The first-order chi connectivity index (χ1) is 9.42. The van der Waals surface area contributed by atoms with Crippen LogP contribution in [0, 0.1) is 0 Å². The molecule has 1 aromatic heterocycles. The summed E-state index contributed by atoms with van der Waals surface area (Å²) in [6.45, 7) is 3.15. The molecule has 0 atom stereocenters. The number of nitrogens with zero attached hydrogens (tertiary/aromatic N) is 1. The second-order valence-corrected chi connectivity index (χ2v) is 5.29. The van der Waals surface area contributed by atoms with Gasteiger partial charge in [0.1, 0.15) is 0 Å². The van der Waals surface area contributed by atoms with Gasteiger partial charge in [0.05, 0.1) is 5.52 Å². The van der Waals surface area contributed by atoms with E-state index in [0.29, 0.717) is 0 Å². The topological polar surface area (TPSA) is 37.0 Å². The van der Waals surface area contributed by atoms with Crippen LogP contribution in [0.1, 0.15) is 24.8 Å². The Hall–Kier alpha value is -1.45. The Morgan fingerprint density at radius 2 is 2.11 bits per heavy atom. The van der Waals surface area contributed by atoms with E-state index in [4.69, 9.17) is 0 Å². The average Bonchev–Trinajstić information content (AvgIpc) is 3.27. The van der Waals surface area contributed by atoms with Gasteiger partial charge in [-0.3, -0.25) is 4.98 Å². The fraction of sp³-hybridized carbons (Fsp3) is 0.438. The Labute approximate surface area is 114 Å². The highest BCUT2D eigenvalue weighted by atomic mass is 14.9. The summed E-state index contributed by atoms with van der Waals surface area (Å²) in [6.07, 6.45) is 5.79. The van der Waals surface area contributed by atoms with Gasteiger partial charge in [-0.2, -0.15) is 0 Å². The molecule has 3 heteroatoms. The van der Waals surface area contributed by atoms with Crippen molar-refractivity contribution in [2.45, 2.75) is 31.8 Å². The average molecular weight is 255 g/mol. The van der Waals surface area contributed by atoms with E-state index in [1.165, 1.54) is 30.2 Å². The Bertz CT molecular complexity index is 534. The van der Waals surface area contributed by atoms with Crippen LogP contribution in [-0.2, 0) is 6.54 Å². The zero-order chi connectivity index (χ0) is 12.9. The van der Waals surface area contributed by atoms with E-state index in [0.717, 1.165) is 31.2 Å². The molecule has 1 aromatic carbocycles. The van der Waals surface area contributed by atoms with Gasteiger partial charge in [0, 0.05) is 24.2 Å². The first kappa shape index (κ1) is 12.6. The van der Waals surface area contributed by atoms with Crippen molar-refractivity contribution >= 4 is 10.9 Å². The van der Waals surface area contributed by atoms with Gasteiger partial charge in [0.15, 0.2) is 0 Å². The molecule has 0 unspecified atom stereocenters. The summed E-state index contributed by atoms with van der Waals surface area (Å²) in [7, 11) is 0. The van der Waals surface area contributed by atoms with E-state index in [1.807, 2.05) is 12.3 Å². The molecule has 0 amide bonds. The molecule has 0 saturated heterocycles. The highest BCUT2D eigenvalue weighted by Gasteiger charge is 2.19. The molecule has 2 N–H and O–H groups in total. The highest BCUT2D eigenvalue weighted by molar-refractivity contribution is 5.78. The van der Waals surface area contributed by atoms with Crippen LogP contribution in [0.15, 0.2) is 36.5 Å². The monoisotopic (exact) mass is 255 g/mol. The van der Waals surface area contributed by atoms with Crippen molar-refractivity contribution in [2.24, 2.45) is 0 Å². The molecule has 1 fully saturated rings. The largest absolute Gasteiger partial charge is 0.314 e. The first-order valence-electron chi connectivity index (χ1n) is 7.19. The second-order valence-electron chi connectivity index (χ2n) is 5.29. The van der Waals surface area contributed by atoms with Gasteiger partial charge < -0.3 is 10.6 Å². The molecule has 0 bridgehead atoms. The standard InChI is InChI=1S/C16H21N3/c1-3-14-11-13(4-7-16(14)19-9-1)12-17-8-2-10-18-15-5-6-15/h1,3-4,7,9,11,15,17-18H,2,5-6,8,10,12H2. The van der Waals surface area contributed by atoms with Crippen molar-refractivity contribution in [1.29, 1.82) is 0 Å². The predicted octanol–water partition coefficient (Wildman–Crippen LogP) is 2.47. The minimum absolute atomic E-state index is 0.827. The van der Waals surface area contributed by atoms with Crippen LogP contribution in [0.2, 0.25) is 0 Å². The molecule has 3 rings (SSSR count). The zero-order valence-corrected chi connectivity index (χ0v) is 11.2. The molecule has 0 aliphatic heterocycles. The molecule has 1 saturated carbocycles. The SMILES string of the molecule is c1cnc2ccc(CNCCCNC3CC3)cc2c1. The van der Waals surface area contributed by atoms with Crippen LogP contribution in [0.4, 0.5) is 0 Å². The number of aromatic nitrogens is 1. The van der Waals surface area contributed by atoms with Gasteiger partial charge in [-0.1, -0.05) is 12.1 Å². The summed E-state index contributed by atoms with van der Waals surface area (Å²) in [5.41, 5.74) is 2.40. The Balaban J connectivity index is 1.42. The first-order valence-corrected chi connectivity index (χ1v) is 7.19. The van der Waals surface area contributed by atoms with Crippen molar-refractivity contribution in [3.63, 3.8) is 0 Å². The third kappa shape index (κ3) is 3.75. The number of hydrogen-bond donors (Lipinski definition) is 2. The Morgan fingerprint density at radius 3 is 3.00 bits per heavy atom. The van der Waals surface area contributed by atoms with Crippen LogP contribution in [0.5, 0.6) is 0 Å². The van der Waals surface area contributed by atoms with Gasteiger partial charge in [-0.15, -0.1) is 0 Å². The van der Waals surface area contributed by atoms with Crippen LogP contribution in [0.3, 0.4) is 0 Å². The summed E-state index contributed by atoms with van der Waals surface area (Å²) in [5.74, 6) is 0. The van der Waals surface area contributed by atoms with Crippen LogP contribution < -0.4 is 10.6 Å². The lowest BCUT2D eigenvalue weighted by Gasteiger charge is -2.06. The van der Waals surface area contributed by atoms with E-state index < -0.39 is 0 Å².